The number of rotatable bonds is 13. The van der Waals surface area contributed by atoms with Crippen LogP contribution in [0.15, 0.2) is 48.5 Å². The number of carbonyl (C=O) groups is 2. The van der Waals surface area contributed by atoms with Gasteiger partial charge in [0.15, 0.2) is 5.82 Å². The molecule has 2 aromatic carbocycles. The standard InChI is InChI=1S/C33H43N7O3/c1-3-4-10-28-36-31-32(26-8-5-6-9-27(26)35-33(31)34)40(28)16-7-15-39(29(41)23-38-19-17-37(2)18-20-38)22-25-13-11-24(12-14-25)21-30(42)43/h5-6,8-9,11-14H,3-4,7,10,15-23H2,1-2H3,(H2,34,35)(H,42,43). The van der Waals surface area contributed by atoms with Gasteiger partial charge in [-0.1, -0.05) is 55.8 Å². The molecule has 0 atom stereocenters. The number of carboxylic acids is 1. The topological polar surface area (TPSA) is 121 Å². The number of nitrogens with zero attached hydrogens (tertiary/aromatic N) is 6. The monoisotopic (exact) mass is 585 g/mol. The highest BCUT2D eigenvalue weighted by Crippen LogP contribution is 2.29. The number of aliphatic carboxylic acids is 1. The van der Waals surface area contributed by atoms with E-state index >= 15 is 0 Å². The lowest BCUT2D eigenvalue weighted by Gasteiger charge is -2.33. The van der Waals surface area contributed by atoms with Crippen LogP contribution in [-0.2, 0) is 35.5 Å². The molecule has 43 heavy (non-hydrogen) atoms. The van der Waals surface area contributed by atoms with Crippen molar-refractivity contribution in [2.45, 2.75) is 52.1 Å². The molecule has 3 N–H and O–H groups in total. The number of anilines is 1. The molecule has 0 bridgehead atoms. The number of benzene rings is 2. The fourth-order valence-corrected chi connectivity index (χ4v) is 5.84. The number of pyridine rings is 1. The molecule has 4 aromatic rings. The number of para-hydroxylation sites is 1. The van der Waals surface area contributed by atoms with E-state index in [-0.39, 0.29) is 12.3 Å². The maximum Gasteiger partial charge on any atom is 0.307 e. The van der Waals surface area contributed by atoms with Crippen molar-refractivity contribution in [2.75, 3.05) is 52.0 Å². The Bertz CT molecular complexity index is 1560. The smallest absolute Gasteiger partial charge is 0.307 e. The lowest BCUT2D eigenvalue weighted by molar-refractivity contribution is -0.136. The minimum absolute atomic E-state index is 0.0136. The number of unbranched alkanes of at least 4 members (excludes halogenated alkanes) is 1. The number of aromatic nitrogens is 3. The molecule has 1 saturated heterocycles. The van der Waals surface area contributed by atoms with Gasteiger partial charge in [-0.2, -0.15) is 0 Å². The SMILES string of the molecule is CCCCc1nc2c(N)nc3ccccc3c2n1CCCN(Cc1ccc(CC(=O)O)cc1)C(=O)CN1CCN(C)CC1. The van der Waals surface area contributed by atoms with Gasteiger partial charge in [0.1, 0.15) is 11.3 Å². The Morgan fingerprint density at radius 1 is 0.977 bits per heavy atom. The zero-order chi connectivity index (χ0) is 30.3. The lowest BCUT2D eigenvalue weighted by Crippen LogP contribution is -2.49. The predicted octanol–water partition coefficient (Wildman–Crippen LogP) is 3.80. The number of fused-ring (bicyclic) bond motifs is 3. The van der Waals surface area contributed by atoms with Crippen LogP contribution in [0.25, 0.3) is 21.9 Å². The number of hydrogen-bond donors (Lipinski definition) is 2. The molecule has 2 aromatic heterocycles. The normalized spacial score (nSPS) is 14.5. The van der Waals surface area contributed by atoms with Gasteiger partial charge < -0.3 is 25.2 Å². The molecule has 228 valence electrons. The van der Waals surface area contributed by atoms with Crippen molar-refractivity contribution in [3.05, 3.63) is 65.5 Å². The number of aryl methyl sites for hydroxylation is 2. The number of piperazine rings is 1. The Balaban J connectivity index is 1.37. The molecule has 1 aliphatic rings. The van der Waals surface area contributed by atoms with Gasteiger partial charge in [0, 0.05) is 57.6 Å². The van der Waals surface area contributed by atoms with Gasteiger partial charge in [0.05, 0.1) is 24.0 Å². The zero-order valence-electron chi connectivity index (χ0n) is 25.3. The van der Waals surface area contributed by atoms with E-state index in [2.05, 4.69) is 39.4 Å². The summed E-state index contributed by atoms with van der Waals surface area (Å²) in [6.07, 6.45) is 3.69. The van der Waals surface area contributed by atoms with Crippen LogP contribution in [0.2, 0.25) is 0 Å². The van der Waals surface area contributed by atoms with Crippen LogP contribution in [0.5, 0.6) is 0 Å². The van der Waals surface area contributed by atoms with Gasteiger partial charge in [-0.05, 0) is 37.1 Å². The van der Waals surface area contributed by atoms with Crippen LogP contribution in [0.3, 0.4) is 0 Å². The lowest BCUT2D eigenvalue weighted by atomic mass is 10.1. The summed E-state index contributed by atoms with van der Waals surface area (Å²) in [5.41, 5.74) is 10.7. The molecule has 0 radical (unpaired) electrons. The maximum atomic E-state index is 13.7. The average molecular weight is 586 g/mol. The van der Waals surface area contributed by atoms with Crippen LogP contribution < -0.4 is 5.73 Å². The number of hydrogen-bond acceptors (Lipinski definition) is 7. The second kappa shape index (κ2) is 14.0. The quantitative estimate of drug-likeness (QED) is 0.243. The molecular weight excluding hydrogens is 542 g/mol. The number of nitrogens with two attached hydrogens (primary N) is 1. The van der Waals surface area contributed by atoms with Crippen molar-refractivity contribution in [1.29, 1.82) is 0 Å². The zero-order valence-corrected chi connectivity index (χ0v) is 25.3. The fraction of sp³-hybridized carbons (Fsp3) is 0.455. The summed E-state index contributed by atoms with van der Waals surface area (Å²) in [5, 5.41) is 10.2. The van der Waals surface area contributed by atoms with Gasteiger partial charge >= 0.3 is 5.97 Å². The Hall–Kier alpha value is -4.02. The van der Waals surface area contributed by atoms with Crippen molar-refractivity contribution in [1.82, 2.24) is 29.2 Å². The highest BCUT2D eigenvalue weighted by Gasteiger charge is 2.22. The Morgan fingerprint density at radius 3 is 2.42 bits per heavy atom. The van der Waals surface area contributed by atoms with Crippen molar-refractivity contribution >= 4 is 39.6 Å². The molecular formula is C33H43N7O3. The average Bonchev–Trinajstić information content (AvgIpc) is 3.36. The van der Waals surface area contributed by atoms with Gasteiger partial charge in [-0.25, -0.2) is 9.97 Å². The molecule has 0 saturated carbocycles. The van der Waals surface area contributed by atoms with E-state index < -0.39 is 5.97 Å². The third-order valence-electron chi connectivity index (χ3n) is 8.31. The fourth-order valence-electron chi connectivity index (χ4n) is 5.84. The van der Waals surface area contributed by atoms with E-state index in [1.807, 2.05) is 47.4 Å². The van der Waals surface area contributed by atoms with E-state index in [0.29, 0.717) is 32.0 Å². The number of carboxylic acid groups (broad SMARTS) is 1. The summed E-state index contributed by atoms with van der Waals surface area (Å²) in [4.78, 5) is 40.8. The molecule has 3 heterocycles. The second-order valence-electron chi connectivity index (χ2n) is 11.6. The number of nitrogen functional groups attached to an aromatic ring is 1. The number of carbonyl (C=O) groups excluding carboxylic acids is 1. The summed E-state index contributed by atoms with van der Waals surface area (Å²) in [7, 11) is 2.11. The maximum absolute atomic E-state index is 13.7. The molecule has 1 amide bonds. The van der Waals surface area contributed by atoms with E-state index in [1.165, 1.54) is 0 Å². The van der Waals surface area contributed by atoms with E-state index in [1.54, 1.807) is 0 Å². The minimum atomic E-state index is -0.854. The van der Waals surface area contributed by atoms with Crippen LogP contribution in [0.4, 0.5) is 5.82 Å². The van der Waals surface area contributed by atoms with E-state index in [4.69, 9.17) is 15.8 Å². The van der Waals surface area contributed by atoms with Gasteiger partial charge in [-0.15, -0.1) is 0 Å². The largest absolute Gasteiger partial charge is 0.481 e. The summed E-state index contributed by atoms with van der Waals surface area (Å²) in [6, 6.07) is 15.6. The number of likely N-dealkylation sites (N-methyl/N-ethyl adjacent to an activating group) is 1. The Labute approximate surface area is 253 Å². The Morgan fingerprint density at radius 2 is 1.70 bits per heavy atom. The van der Waals surface area contributed by atoms with Crippen molar-refractivity contribution in [2.24, 2.45) is 0 Å². The first kappa shape index (κ1) is 30.4. The first-order valence-corrected chi connectivity index (χ1v) is 15.3. The summed E-state index contributed by atoms with van der Waals surface area (Å²) < 4.78 is 2.29. The Kier molecular flexibility index (Phi) is 9.89. The van der Waals surface area contributed by atoms with Gasteiger partial charge in [-0.3, -0.25) is 14.5 Å². The summed E-state index contributed by atoms with van der Waals surface area (Å²) in [5.74, 6) is 0.707. The molecule has 5 rings (SSSR count). The summed E-state index contributed by atoms with van der Waals surface area (Å²) >= 11 is 0. The third-order valence-corrected chi connectivity index (χ3v) is 8.31. The van der Waals surface area contributed by atoms with E-state index in [9.17, 15) is 9.59 Å². The van der Waals surface area contributed by atoms with Gasteiger partial charge in [0.2, 0.25) is 5.91 Å². The summed E-state index contributed by atoms with van der Waals surface area (Å²) in [6.45, 7) is 8.02. The number of imidazole rings is 1. The third kappa shape index (κ3) is 7.50. The van der Waals surface area contributed by atoms with E-state index in [0.717, 1.165) is 90.7 Å². The molecule has 0 aliphatic carbocycles. The van der Waals surface area contributed by atoms with Crippen molar-refractivity contribution in [3.8, 4) is 0 Å². The molecule has 10 heteroatoms. The molecule has 0 spiro atoms. The molecule has 10 nitrogen and oxygen atoms in total. The first-order chi connectivity index (χ1) is 20.8. The molecule has 1 aliphatic heterocycles. The van der Waals surface area contributed by atoms with Gasteiger partial charge in [0.25, 0.3) is 0 Å². The van der Waals surface area contributed by atoms with Crippen LogP contribution >= 0.6 is 0 Å². The molecule has 0 unspecified atom stereocenters. The first-order valence-electron chi connectivity index (χ1n) is 15.3. The van der Waals surface area contributed by atoms with Crippen LogP contribution in [-0.4, -0.2) is 92.5 Å². The predicted molar refractivity (Wildman–Crippen MR) is 170 cm³/mol. The number of amides is 1. The van der Waals surface area contributed by atoms with Crippen LogP contribution in [0, 0.1) is 0 Å². The van der Waals surface area contributed by atoms with Crippen molar-refractivity contribution < 1.29 is 14.7 Å². The highest BCUT2D eigenvalue weighted by molar-refractivity contribution is 6.06. The van der Waals surface area contributed by atoms with Crippen molar-refractivity contribution in [3.63, 3.8) is 0 Å². The molecule has 1 fully saturated rings. The van der Waals surface area contributed by atoms with Crippen LogP contribution in [0.1, 0.15) is 43.1 Å². The minimum Gasteiger partial charge on any atom is -0.481 e. The highest BCUT2D eigenvalue weighted by atomic mass is 16.4. The second-order valence-corrected chi connectivity index (χ2v) is 11.6.